The largest absolute Gasteiger partial charge is 0.344 e. The molecule has 0 aromatic carbocycles. The lowest BCUT2D eigenvalue weighted by atomic mass is 9.77. The highest BCUT2D eigenvalue weighted by atomic mass is 16.8. The van der Waals surface area contributed by atoms with Crippen molar-refractivity contribution in [1.29, 1.82) is 0 Å². The number of hydrogen-bond acceptors (Lipinski definition) is 2. The molecule has 1 aliphatic carbocycles. The molecule has 0 amide bonds. The molecule has 2 aliphatic rings. The third-order valence-electron chi connectivity index (χ3n) is 4.05. The van der Waals surface area contributed by atoms with E-state index in [4.69, 9.17) is 9.47 Å². The Morgan fingerprint density at radius 3 is 1.71 bits per heavy atom. The average molecular weight is 198 g/mol. The zero-order valence-electron chi connectivity index (χ0n) is 9.75. The molecule has 0 aromatic rings. The molecule has 2 heteroatoms. The van der Waals surface area contributed by atoms with Gasteiger partial charge in [-0.25, -0.2) is 0 Å². The van der Waals surface area contributed by atoms with Crippen LogP contribution >= 0.6 is 0 Å². The van der Waals surface area contributed by atoms with Crippen molar-refractivity contribution in [3.05, 3.63) is 0 Å². The lowest BCUT2D eigenvalue weighted by molar-refractivity contribution is -0.250. The summed E-state index contributed by atoms with van der Waals surface area (Å²) < 4.78 is 12.2. The van der Waals surface area contributed by atoms with Gasteiger partial charge in [-0.2, -0.15) is 0 Å². The standard InChI is InChI=1S/C12H22O2/c1-8-6-5-7-9(2)12(8)13-10(3)11(4)14-12/h8-11H,5-7H2,1-4H3. The summed E-state index contributed by atoms with van der Waals surface area (Å²) in [5.41, 5.74) is 0. The van der Waals surface area contributed by atoms with Crippen LogP contribution in [-0.4, -0.2) is 18.0 Å². The van der Waals surface area contributed by atoms with Crippen molar-refractivity contribution in [2.45, 2.75) is 65.0 Å². The molecule has 14 heavy (non-hydrogen) atoms. The molecule has 2 nitrogen and oxygen atoms in total. The van der Waals surface area contributed by atoms with E-state index in [9.17, 15) is 0 Å². The Labute approximate surface area is 87.0 Å². The van der Waals surface area contributed by atoms with Crippen LogP contribution in [0.5, 0.6) is 0 Å². The van der Waals surface area contributed by atoms with Crippen LogP contribution in [-0.2, 0) is 9.47 Å². The molecule has 0 bridgehead atoms. The lowest BCUT2D eigenvalue weighted by Crippen LogP contribution is -2.47. The summed E-state index contributed by atoms with van der Waals surface area (Å²) in [6.45, 7) is 8.77. The fourth-order valence-electron chi connectivity index (χ4n) is 2.88. The van der Waals surface area contributed by atoms with Gasteiger partial charge in [-0.3, -0.25) is 0 Å². The molecule has 0 N–H and O–H groups in total. The molecule has 1 saturated carbocycles. The van der Waals surface area contributed by atoms with Gasteiger partial charge in [0.05, 0.1) is 12.2 Å². The maximum Gasteiger partial charge on any atom is 0.174 e. The first kappa shape index (κ1) is 10.4. The number of rotatable bonds is 0. The summed E-state index contributed by atoms with van der Waals surface area (Å²) in [6, 6.07) is 0. The average Bonchev–Trinajstić information content (AvgIpc) is 2.41. The van der Waals surface area contributed by atoms with Crippen LogP contribution in [0.3, 0.4) is 0 Å². The van der Waals surface area contributed by atoms with E-state index in [1.165, 1.54) is 19.3 Å². The topological polar surface area (TPSA) is 18.5 Å². The van der Waals surface area contributed by atoms with E-state index in [1.54, 1.807) is 0 Å². The van der Waals surface area contributed by atoms with Crippen LogP contribution in [0.4, 0.5) is 0 Å². The van der Waals surface area contributed by atoms with Gasteiger partial charge in [0.15, 0.2) is 5.79 Å². The zero-order valence-corrected chi connectivity index (χ0v) is 9.75. The van der Waals surface area contributed by atoms with Crippen LogP contribution < -0.4 is 0 Å². The van der Waals surface area contributed by atoms with Gasteiger partial charge in [-0.05, 0) is 26.7 Å². The van der Waals surface area contributed by atoms with Crippen molar-refractivity contribution >= 4 is 0 Å². The van der Waals surface area contributed by atoms with E-state index in [2.05, 4.69) is 27.7 Å². The van der Waals surface area contributed by atoms with Crippen molar-refractivity contribution in [2.24, 2.45) is 11.8 Å². The van der Waals surface area contributed by atoms with Gasteiger partial charge >= 0.3 is 0 Å². The van der Waals surface area contributed by atoms with Crippen LogP contribution in [0, 0.1) is 11.8 Å². The van der Waals surface area contributed by atoms with Crippen molar-refractivity contribution in [1.82, 2.24) is 0 Å². The van der Waals surface area contributed by atoms with E-state index < -0.39 is 0 Å². The Hall–Kier alpha value is -0.0800. The summed E-state index contributed by atoms with van der Waals surface area (Å²) in [5, 5.41) is 0. The molecule has 1 aliphatic heterocycles. The lowest BCUT2D eigenvalue weighted by Gasteiger charge is -2.43. The van der Waals surface area contributed by atoms with Gasteiger partial charge in [0.1, 0.15) is 0 Å². The summed E-state index contributed by atoms with van der Waals surface area (Å²) >= 11 is 0. The SMILES string of the molecule is CC1OC2(OC1C)C(C)CCCC2C. The smallest absolute Gasteiger partial charge is 0.174 e. The minimum Gasteiger partial charge on any atom is -0.344 e. The quantitative estimate of drug-likeness (QED) is 0.596. The molecule has 2 fully saturated rings. The molecule has 1 heterocycles. The Morgan fingerprint density at radius 2 is 1.29 bits per heavy atom. The molecule has 0 aromatic heterocycles. The molecular formula is C12H22O2. The van der Waals surface area contributed by atoms with Crippen molar-refractivity contribution in [2.75, 3.05) is 0 Å². The molecule has 1 saturated heterocycles. The second-order valence-electron chi connectivity index (χ2n) is 5.10. The van der Waals surface area contributed by atoms with Gasteiger partial charge in [0.25, 0.3) is 0 Å². The third kappa shape index (κ3) is 1.40. The normalized spacial score (nSPS) is 54.0. The number of hydrogen-bond donors (Lipinski definition) is 0. The summed E-state index contributed by atoms with van der Waals surface area (Å²) in [5.74, 6) is 0.814. The molecular weight excluding hydrogens is 176 g/mol. The highest BCUT2D eigenvalue weighted by Crippen LogP contribution is 2.47. The first-order valence-corrected chi connectivity index (χ1v) is 5.92. The molecule has 82 valence electrons. The van der Waals surface area contributed by atoms with Gasteiger partial charge in [0.2, 0.25) is 0 Å². The van der Waals surface area contributed by atoms with Gasteiger partial charge in [0, 0.05) is 11.8 Å². The Balaban J connectivity index is 2.20. The van der Waals surface area contributed by atoms with Crippen LogP contribution in [0.25, 0.3) is 0 Å². The predicted octanol–water partition coefficient (Wildman–Crippen LogP) is 2.96. The van der Waals surface area contributed by atoms with Crippen LogP contribution in [0.1, 0.15) is 47.0 Å². The first-order valence-electron chi connectivity index (χ1n) is 5.92. The Bertz CT molecular complexity index is 192. The van der Waals surface area contributed by atoms with E-state index in [0.29, 0.717) is 11.8 Å². The second-order valence-corrected chi connectivity index (χ2v) is 5.10. The maximum absolute atomic E-state index is 6.10. The fourth-order valence-corrected chi connectivity index (χ4v) is 2.88. The van der Waals surface area contributed by atoms with Crippen LogP contribution in [0.15, 0.2) is 0 Å². The van der Waals surface area contributed by atoms with E-state index in [-0.39, 0.29) is 18.0 Å². The monoisotopic (exact) mass is 198 g/mol. The van der Waals surface area contributed by atoms with Crippen molar-refractivity contribution in [3.8, 4) is 0 Å². The van der Waals surface area contributed by atoms with Crippen molar-refractivity contribution < 1.29 is 9.47 Å². The van der Waals surface area contributed by atoms with Gasteiger partial charge in [-0.1, -0.05) is 20.3 Å². The minimum absolute atomic E-state index is 0.248. The Kier molecular flexibility index (Phi) is 2.61. The molecule has 0 radical (unpaired) electrons. The maximum atomic E-state index is 6.10. The predicted molar refractivity (Wildman–Crippen MR) is 56.0 cm³/mol. The van der Waals surface area contributed by atoms with Crippen molar-refractivity contribution in [3.63, 3.8) is 0 Å². The highest BCUT2D eigenvalue weighted by Gasteiger charge is 2.52. The van der Waals surface area contributed by atoms with Crippen LogP contribution in [0.2, 0.25) is 0 Å². The fraction of sp³-hybridized carbons (Fsp3) is 1.00. The highest BCUT2D eigenvalue weighted by molar-refractivity contribution is 4.92. The minimum atomic E-state index is -0.267. The number of ether oxygens (including phenoxy) is 2. The molecule has 4 unspecified atom stereocenters. The Morgan fingerprint density at radius 1 is 0.857 bits per heavy atom. The van der Waals surface area contributed by atoms with E-state index >= 15 is 0 Å². The molecule has 2 rings (SSSR count). The first-order chi connectivity index (χ1) is 6.56. The second kappa shape index (κ2) is 3.49. The third-order valence-corrected chi connectivity index (χ3v) is 4.05. The van der Waals surface area contributed by atoms with Gasteiger partial charge in [-0.15, -0.1) is 0 Å². The zero-order chi connectivity index (χ0) is 10.3. The van der Waals surface area contributed by atoms with E-state index in [1.807, 2.05) is 0 Å². The summed E-state index contributed by atoms with van der Waals surface area (Å²) in [6.07, 6.45) is 4.30. The molecule has 4 atom stereocenters. The van der Waals surface area contributed by atoms with E-state index in [0.717, 1.165) is 0 Å². The van der Waals surface area contributed by atoms with Gasteiger partial charge < -0.3 is 9.47 Å². The summed E-state index contributed by atoms with van der Waals surface area (Å²) in [4.78, 5) is 0. The summed E-state index contributed by atoms with van der Waals surface area (Å²) in [7, 11) is 0. The molecule has 1 spiro atoms.